The van der Waals surface area contributed by atoms with Crippen molar-refractivity contribution < 1.29 is 0 Å². The highest BCUT2D eigenvalue weighted by Gasteiger charge is 2.17. The van der Waals surface area contributed by atoms with Crippen molar-refractivity contribution in [1.29, 1.82) is 0 Å². The third kappa shape index (κ3) is 3.20. The van der Waals surface area contributed by atoms with Crippen molar-refractivity contribution in [2.75, 3.05) is 39.0 Å². The van der Waals surface area contributed by atoms with Gasteiger partial charge in [0, 0.05) is 25.3 Å². The molecule has 1 fully saturated rings. The van der Waals surface area contributed by atoms with Crippen LogP contribution in [0.3, 0.4) is 0 Å². The Morgan fingerprint density at radius 3 is 2.65 bits per heavy atom. The molecule has 3 nitrogen and oxygen atoms in total. The predicted molar refractivity (Wildman–Crippen MR) is 73.5 cm³/mol. The van der Waals surface area contributed by atoms with Gasteiger partial charge in [-0.3, -0.25) is 0 Å². The van der Waals surface area contributed by atoms with Crippen LogP contribution in [0, 0.1) is 0 Å². The first kappa shape index (κ1) is 12.4. The minimum atomic E-state index is 0.432. The molecule has 0 saturated carbocycles. The number of nitrogens with one attached hydrogen (secondary N) is 2. The molecule has 94 valence electrons. The van der Waals surface area contributed by atoms with Crippen LogP contribution in [0.1, 0.15) is 24.4 Å². The van der Waals surface area contributed by atoms with E-state index < -0.39 is 0 Å². The Bertz CT molecular complexity index is 345. The van der Waals surface area contributed by atoms with Crippen LogP contribution in [0.5, 0.6) is 0 Å². The average molecular weight is 233 g/mol. The second-order valence-electron chi connectivity index (χ2n) is 4.72. The quantitative estimate of drug-likeness (QED) is 0.815. The van der Waals surface area contributed by atoms with Crippen LogP contribution < -0.4 is 10.6 Å². The molecule has 0 radical (unpaired) electrons. The number of likely N-dealkylation sites (N-methyl/N-ethyl adjacent to an activating group) is 1. The van der Waals surface area contributed by atoms with E-state index in [1.807, 2.05) is 14.1 Å². The highest BCUT2D eigenvalue weighted by molar-refractivity contribution is 5.45. The van der Waals surface area contributed by atoms with Gasteiger partial charge in [-0.2, -0.15) is 0 Å². The molecule has 1 saturated heterocycles. The highest BCUT2D eigenvalue weighted by Crippen LogP contribution is 2.20. The van der Waals surface area contributed by atoms with Crippen molar-refractivity contribution in [1.82, 2.24) is 10.2 Å². The van der Waals surface area contributed by atoms with E-state index in [0.717, 1.165) is 6.54 Å². The van der Waals surface area contributed by atoms with E-state index >= 15 is 0 Å². The molecule has 0 spiro atoms. The largest absolute Gasteiger partial charge is 0.388 e. The second-order valence-corrected chi connectivity index (χ2v) is 4.72. The summed E-state index contributed by atoms with van der Waals surface area (Å²) in [5.74, 6) is 0. The molecule has 3 heteroatoms. The molecule has 1 aliphatic heterocycles. The van der Waals surface area contributed by atoms with Gasteiger partial charge in [0.1, 0.15) is 0 Å². The third-order valence-electron chi connectivity index (χ3n) is 3.57. The van der Waals surface area contributed by atoms with Gasteiger partial charge in [0.25, 0.3) is 0 Å². The molecule has 0 aliphatic carbocycles. The van der Waals surface area contributed by atoms with Gasteiger partial charge >= 0.3 is 0 Å². The van der Waals surface area contributed by atoms with E-state index in [1.54, 1.807) is 0 Å². The minimum Gasteiger partial charge on any atom is -0.388 e. The summed E-state index contributed by atoms with van der Waals surface area (Å²) < 4.78 is 0. The summed E-state index contributed by atoms with van der Waals surface area (Å²) in [5, 5.41) is 6.63. The first-order valence-corrected chi connectivity index (χ1v) is 6.51. The Hall–Kier alpha value is -1.06. The molecule has 0 amide bonds. The van der Waals surface area contributed by atoms with Crippen LogP contribution in [0.2, 0.25) is 0 Å². The van der Waals surface area contributed by atoms with Gasteiger partial charge in [0.15, 0.2) is 0 Å². The summed E-state index contributed by atoms with van der Waals surface area (Å²) in [5.41, 5.74) is 2.55. The number of likely N-dealkylation sites (tertiary alicyclic amines) is 1. The monoisotopic (exact) mass is 233 g/mol. The second kappa shape index (κ2) is 6.03. The lowest BCUT2D eigenvalue weighted by molar-refractivity contribution is 0.299. The predicted octanol–water partition coefficient (Wildman–Crippen LogP) is 2.08. The van der Waals surface area contributed by atoms with E-state index in [-0.39, 0.29) is 0 Å². The standard InChI is InChI=1S/C14H23N3/c1-15-13-7-5-6-12(10-13)14(16-2)11-17-8-3-4-9-17/h5-7,10,14-16H,3-4,8-9,11H2,1-2H3/t14-/m1/s1. The Kier molecular flexibility index (Phi) is 4.40. The zero-order chi connectivity index (χ0) is 12.1. The zero-order valence-electron chi connectivity index (χ0n) is 10.9. The molecule has 1 atom stereocenters. The summed E-state index contributed by atoms with van der Waals surface area (Å²) in [6, 6.07) is 9.10. The molecule has 1 heterocycles. The van der Waals surface area contributed by atoms with E-state index in [1.165, 1.54) is 37.2 Å². The van der Waals surface area contributed by atoms with Crippen LogP contribution in [0.4, 0.5) is 5.69 Å². The lowest BCUT2D eigenvalue weighted by Gasteiger charge is -2.23. The average Bonchev–Trinajstić information content (AvgIpc) is 2.89. The molecule has 17 heavy (non-hydrogen) atoms. The molecular formula is C14H23N3. The van der Waals surface area contributed by atoms with Gasteiger partial charge < -0.3 is 15.5 Å². The Morgan fingerprint density at radius 1 is 1.24 bits per heavy atom. The zero-order valence-corrected chi connectivity index (χ0v) is 10.9. The third-order valence-corrected chi connectivity index (χ3v) is 3.57. The lowest BCUT2D eigenvalue weighted by atomic mass is 10.1. The molecule has 0 aromatic heterocycles. The topological polar surface area (TPSA) is 27.3 Å². The summed E-state index contributed by atoms with van der Waals surface area (Å²) in [6.07, 6.45) is 2.71. The molecule has 0 bridgehead atoms. The van der Waals surface area contributed by atoms with Crippen LogP contribution in [0.25, 0.3) is 0 Å². The number of hydrogen-bond donors (Lipinski definition) is 2. The van der Waals surface area contributed by atoms with Crippen LogP contribution in [-0.2, 0) is 0 Å². The maximum absolute atomic E-state index is 3.43. The number of nitrogens with zero attached hydrogens (tertiary/aromatic N) is 1. The Balaban J connectivity index is 2.04. The number of hydrogen-bond acceptors (Lipinski definition) is 3. The van der Waals surface area contributed by atoms with Crippen molar-refractivity contribution in [2.45, 2.75) is 18.9 Å². The summed E-state index contributed by atoms with van der Waals surface area (Å²) in [7, 11) is 4.01. The summed E-state index contributed by atoms with van der Waals surface area (Å²) >= 11 is 0. The van der Waals surface area contributed by atoms with E-state index in [4.69, 9.17) is 0 Å². The molecule has 2 N–H and O–H groups in total. The summed E-state index contributed by atoms with van der Waals surface area (Å²) in [4.78, 5) is 2.55. The number of rotatable bonds is 5. The fourth-order valence-electron chi connectivity index (χ4n) is 2.50. The van der Waals surface area contributed by atoms with Gasteiger partial charge in [0.2, 0.25) is 0 Å². The molecule has 0 unspecified atom stereocenters. The van der Waals surface area contributed by atoms with E-state index in [2.05, 4.69) is 39.8 Å². The first-order valence-electron chi connectivity index (χ1n) is 6.51. The first-order chi connectivity index (χ1) is 8.33. The van der Waals surface area contributed by atoms with E-state index in [0.29, 0.717) is 6.04 Å². The van der Waals surface area contributed by atoms with Crippen LogP contribution in [-0.4, -0.2) is 38.6 Å². The SMILES string of the molecule is CNc1cccc([C@@H](CN2CCCC2)NC)c1. The van der Waals surface area contributed by atoms with Gasteiger partial charge in [0.05, 0.1) is 0 Å². The number of benzene rings is 1. The van der Waals surface area contributed by atoms with Gasteiger partial charge in [-0.1, -0.05) is 12.1 Å². The molecule has 1 aromatic rings. The fraction of sp³-hybridized carbons (Fsp3) is 0.571. The number of anilines is 1. The van der Waals surface area contributed by atoms with E-state index in [9.17, 15) is 0 Å². The van der Waals surface area contributed by atoms with Crippen molar-refractivity contribution in [3.63, 3.8) is 0 Å². The van der Waals surface area contributed by atoms with Gasteiger partial charge in [-0.25, -0.2) is 0 Å². The Labute approximate surface area is 104 Å². The van der Waals surface area contributed by atoms with Gasteiger partial charge in [-0.05, 0) is 50.7 Å². The van der Waals surface area contributed by atoms with Crippen LogP contribution in [0.15, 0.2) is 24.3 Å². The molecular weight excluding hydrogens is 210 g/mol. The maximum Gasteiger partial charge on any atom is 0.0447 e. The normalized spacial score (nSPS) is 18.2. The molecule has 1 aromatic carbocycles. The fourth-order valence-corrected chi connectivity index (χ4v) is 2.50. The molecule has 2 rings (SSSR count). The van der Waals surface area contributed by atoms with Gasteiger partial charge in [-0.15, -0.1) is 0 Å². The smallest absolute Gasteiger partial charge is 0.0447 e. The highest BCUT2D eigenvalue weighted by atomic mass is 15.2. The summed E-state index contributed by atoms with van der Waals surface area (Å²) in [6.45, 7) is 3.62. The lowest BCUT2D eigenvalue weighted by Crippen LogP contribution is -2.31. The minimum absolute atomic E-state index is 0.432. The Morgan fingerprint density at radius 2 is 2.00 bits per heavy atom. The van der Waals surface area contributed by atoms with Crippen molar-refractivity contribution in [2.24, 2.45) is 0 Å². The maximum atomic E-state index is 3.43. The van der Waals surface area contributed by atoms with Crippen LogP contribution >= 0.6 is 0 Å². The van der Waals surface area contributed by atoms with Crippen molar-refractivity contribution in [3.8, 4) is 0 Å². The van der Waals surface area contributed by atoms with Crippen molar-refractivity contribution in [3.05, 3.63) is 29.8 Å². The van der Waals surface area contributed by atoms with Crippen molar-refractivity contribution >= 4 is 5.69 Å². The molecule has 1 aliphatic rings.